The van der Waals surface area contributed by atoms with Crippen molar-refractivity contribution in [1.29, 1.82) is 0 Å². The second-order valence-electron chi connectivity index (χ2n) is 5.21. The maximum atomic E-state index is 6.30. The first-order valence-electron chi connectivity index (χ1n) is 7.48. The molecule has 2 aromatic heterocycles. The molecular weight excluding hydrogens is 350 g/mol. The Hall–Kier alpha value is -2.25. The quantitative estimate of drug-likeness (QED) is 0.748. The summed E-state index contributed by atoms with van der Waals surface area (Å²) in [5.41, 5.74) is 1.68. The first-order chi connectivity index (χ1) is 11.8. The lowest BCUT2D eigenvalue weighted by Gasteiger charge is -2.12. The number of fused-ring (bicyclic) bond motifs is 1. The summed E-state index contributed by atoms with van der Waals surface area (Å²) in [7, 11) is 0. The molecule has 0 amide bonds. The van der Waals surface area contributed by atoms with Crippen LogP contribution in [0.15, 0.2) is 33.5 Å². The molecule has 0 saturated carbocycles. The SMILES string of the molecule is Clc1cc2c(cc1NCc1nc(-c3ccsc3)no1)OCCCO2. The van der Waals surface area contributed by atoms with E-state index in [9.17, 15) is 0 Å². The van der Waals surface area contributed by atoms with Gasteiger partial charge in [-0.1, -0.05) is 16.8 Å². The van der Waals surface area contributed by atoms with E-state index in [1.54, 1.807) is 17.4 Å². The molecule has 1 N–H and O–H groups in total. The largest absolute Gasteiger partial charge is 0.490 e. The Morgan fingerprint density at radius 1 is 1.21 bits per heavy atom. The maximum Gasteiger partial charge on any atom is 0.246 e. The molecule has 0 unspecified atom stereocenters. The lowest BCUT2D eigenvalue weighted by molar-refractivity contribution is 0.297. The smallest absolute Gasteiger partial charge is 0.246 e. The van der Waals surface area contributed by atoms with Crippen LogP contribution in [-0.4, -0.2) is 23.4 Å². The predicted octanol–water partition coefficient (Wildman–Crippen LogP) is 4.22. The average Bonchev–Trinajstić information content (AvgIpc) is 3.21. The number of rotatable bonds is 4. The minimum atomic E-state index is 0.372. The van der Waals surface area contributed by atoms with Crippen LogP contribution in [0.3, 0.4) is 0 Å². The van der Waals surface area contributed by atoms with Crippen molar-refractivity contribution in [3.63, 3.8) is 0 Å². The molecule has 1 aromatic carbocycles. The molecule has 3 heterocycles. The Balaban J connectivity index is 1.49. The van der Waals surface area contributed by atoms with Gasteiger partial charge in [0.1, 0.15) is 0 Å². The van der Waals surface area contributed by atoms with Gasteiger partial charge in [0.15, 0.2) is 11.5 Å². The van der Waals surface area contributed by atoms with Crippen LogP contribution in [0.4, 0.5) is 5.69 Å². The van der Waals surface area contributed by atoms with E-state index in [2.05, 4.69) is 15.5 Å². The zero-order chi connectivity index (χ0) is 16.4. The van der Waals surface area contributed by atoms with Crippen molar-refractivity contribution in [3.8, 4) is 22.9 Å². The zero-order valence-corrected chi connectivity index (χ0v) is 14.2. The Morgan fingerprint density at radius 2 is 2.04 bits per heavy atom. The molecule has 0 atom stereocenters. The third-order valence-corrected chi connectivity index (χ3v) is 4.51. The number of hydrogen-bond donors (Lipinski definition) is 1. The molecule has 3 aromatic rings. The van der Waals surface area contributed by atoms with Gasteiger partial charge in [0.2, 0.25) is 11.7 Å². The fourth-order valence-electron chi connectivity index (χ4n) is 2.33. The third-order valence-electron chi connectivity index (χ3n) is 3.51. The van der Waals surface area contributed by atoms with E-state index in [-0.39, 0.29) is 0 Å². The van der Waals surface area contributed by atoms with Gasteiger partial charge in [-0.3, -0.25) is 0 Å². The number of halogens is 1. The van der Waals surface area contributed by atoms with E-state index >= 15 is 0 Å². The van der Waals surface area contributed by atoms with Gasteiger partial charge in [-0.15, -0.1) is 0 Å². The highest BCUT2D eigenvalue weighted by atomic mass is 35.5. The zero-order valence-electron chi connectivity index (χ0n) is 12.6. The van der Waals surface area contributed by atoms with Crippen LogP contribution in [0.2, 0.25) is 5.02 Å². The van der Waals surface area contributed by atoms with Crippen LogP contribution in [0.25, 0.3) is 11.4 Å². The van der Waals surface area contributed by atoms with Gasteiger partial charge in [-0.05, 0) is 11.4 Å². The summed E-state index contributed by atoms with van der Waals surface area (Å²) in [6.07, 6.45) is 0.850. The molecule has 124 valence electrons. The van der Waals surface area contributed by atoms with E-state index in [1.807, 2.05) is 22.9 Å². The lowest BCUT2D eigenvalue weighted by atomic mass is 10.2. The van der Waals surface area contributed by atoms with Gasteiger partial charge in [0.05, 0.1) is 30.5 Å². The highest BCUT2D eigenvalue weighted by molar-refractivity contribution is 7.08. The van der Waals surface area contributed by atoms with Crippen molar-refractivity contribution in [2.45, 2.75) is 13.0 Å². The number of nitrogens with one attached hydrogen (secondary N) is 1. The number of aromatic nitrogens is 2. The fourth-order valence-corrected chi connectivity index (χ4v) is 3.18. The van der Waals surface area contributed by atoms with Crippen LogP contribution < -0.4 is 14.8 Å². The van der Waals surface area contributed by atoms with Gasteiger partial charge in [0, 0.05) is 29.5 Å². The number of benzene rings is 1. The predicted molar refractivity (Wildman–Crippen MR) is 92.0 cm³/mol. The van der Waals surface area contributed by atoms with Crippen molar-refractivity contribution in [3.05, 3.63) is 39.9 Å². The summed E-state index contributed by atoms with van der Waals surface area (Å²) in [5, 5.41) is 11.7. The van der Waals surface area contributed by atoms with Gasteiger partial charge in [0.25, 0.3) is 0 Å². The molecule has 0 bridgehead atoms. The van der Waals surface area contributed by atoms with E-state index in [0.29, 0.717) is 48.0 Å². The van der Waals surface area contributed by atoms with E-state index in [1.165, 1.54) is 0 Å². The molecule has 1 aliphatic rings. The molecule has 0 spiro atoms. The summed E-state index contributed by atoms with van der Waals surface area (Å²) in [6.45, 7) is 1.63. The van der Waals surface area contributed by atoms with E-state index in [4.69, 9.17) is 25.6 Å². The number of anilines is 1. The number of nitrogens with zero attached hydrogens (tertiary/aromatic N) is 2. The van der Waals surface area contributed by atoms with Gasteiger partial charge in [-0.25, -0.2) is 0 Å². The molecule has 1 aliphatic heterocycles. The fraction of sp³-hybridized carbons (Fsp3) is 0.250. The standard InChI is InChI=1S/C16H14ClN3O3S/c17-11-6-13-14(22-4-1-3-21-13)7-12(11)18-8-15-19-16(20-23-15)10-2-5-24-9-10/h2,5-7,9,18H,1,3-4,8H2. The van der Waals surface area contributed by atoms with Gasteiger partial charge in [-0.2, -0.15) is 16.3 Å². The van der Waals surface area contributed by atoms with Crippen molar-refractivity contribution in [2.24, 2.45) is 0 Å². The molecule has 8 heteroatoms. The first kappa shape index (κ1) is 15.3. The Bertz CT molecular complexity index is 835. The summed E-state index contributed by atoms with van der Waals surface area (Å²) in [4.78, 5) is 4.37. The van der Waals surface area contributed by atoms with E-state index < -0.39 is 0 Å². The van der Waals surface area contributed by atoms with Crippen molar-refractivity contribution < 1.29 is 14.0 Å². The molecule has 0 saturated heterocycles. The molecule has 0 aliphatic carbocycles. The van der Waals surface area contributed by atoms with Crippen molar-refractivity contribution in [1.82, 2.24) is 10.1 Å². The minimum absolute atomic E-state index is 0.372. The van der Waals surface area contributed by atoms with Gasteiger partial charge < -0.3 is 19.3 Å². The number of thiophene rings is 1. The topological polar surface area (TPSA) is 69.4 Å². The summed E-state index contributed by atoms with van der Waals surface area (Å²) < 4.78 is 16.6. The maximum absolute atomic E-state index is 6.30. The number of hydrogen-bond acceptors (Lipinski definition) is 7. The van der Waals surface area contributed by atoms with Crippen molar-refractivity contribution in [2.75, 3.05) is 18.5 Å². The second kappa shape index (κ2) is 6.70. The molecular formula is C16H14ClN3O3S. The average molecular weight is 364 g/mol. The van der Waals surface area contributed by atoms with Crippen LogP contribution in [0, 0.1) is 0 Å². The van der Waals surface area contributed by atoms with Gasteiger partial charge >= 0.3 is 0 Å². The van der Waals surface area contributed by atoms with Crippen LogP contribution in [0.5, 0.6) is 11.5 Å². The molecule has 4 rings (SSSR count). The Kier molecular flexibility index (Phi) is 4.27. The normalized spacial score (nSPS) is 13.5. The van der Waals surface area contributed by atoms with E-state index in [0.717, 1.165) is 17.7 Å². The molecule has 0 fully saturated rings. The van der Waals surface area contributed by atoms with Crippen LogP contribution in [-0.2, 0) is 6.54 Å². The highest BCUT2D eigenvalue weighted by Gasteiger charge is 2.15. The van der Waals surface area contributed by atoms with Crippen molar-refractivity contribution >= 4 is 28.6 Å². The Labute approximate surface area is 147 Å². The third kappa shape index (κ3) is 3.18. The molecule has 0 radical (unpaired) electrons. The summed E-state index contributed by atoms with van der Waals surface area (Å²) in [6, 6.07) is 5.54. The monoisotopic (exact) mass is 363 g/mol. The molecule has 24 heavy (non-hydrogen) atoms. The Morgan fingerprint density at radius 3 is 2.83 bits per heavy atom. The molecule has 6 nitrogen and oxygen atoms in total. The summed E-state index contributed by atoms with van der Waals surface area (Å²) in [5.74, 6) is 2.42. The second-order valence-corrected chi connectivity index (χ2v) is 6.39. The number of ether oxygens (including phenoxy) is 2. The van der Waals surface area contributed by atoms with Crippen LogP contribution in [0.1, 0.15) is 12.3 Å². The lowest BCUT2D eigenvalue weighted by Crippen LogP contribution is -2.01. The summed E-state index contributed by atoms with van der Waals surface area (Å²) >= 11 is 7.89. The van der Waals surface area contributed by atoms with Crippen LogP contribution >= 0.6 is 22.9 Å². The highest BCUT2D eigenvalue weighted by Crippen LogP contribution is 2.37. The minimum Gasteiger partial charge on any atom is -0.490 e. The first-order valence-corrected chi connectivity index (χ1v) is 8.80.